The Balaban J connectivity index is 1.53. The molecule has 222 valence electrons. The van der Waals surface area contributed by atoms with Crippen LogP contribution in [0.1, 0.15) is 42.7 Å². The molecule has 1 aliphatic rings. The van der Waals surface area contributed by atoms with Crippen molar-refractivity contribution in [2.24, 2.45) is 11.1 Å². The Morgan fingerprint density at radius 1 is 1.14 bits per heavy atom. The van der Waals surface area contributed by atoms with E-state index in [0.29, 0.717) is 5.39 Å². The van der Waals surface area contributed by atoms with Gasteiger partial charge in [0.05, 0.1) is 18.2 Å². The van der Waals surface area contributed by atoms with Crippen LogP contribution < -0.4 is 15.4 Å². The fraction of sp³-hybridized carbons (Fsp3) is 0.357. The van der Waals surface area contributed by atoms with Crippen LogP contribution in [0.5, 0.6) is 5.75 Å². The van der Waals surface area contributed by atoms with Crippen LogP contribution in [-0.4, -0.2) is 64.1 Å². The smallest absolute Gasteiger partial charge is 0.426 e. The molecule has 2 amide bonds. The van der Waals surface area contributed by atoms with Gasteiger partial charge in [0, 0.05) is 24.4 Å². The van der Waals surface area contributed by atoms with Gasteiger partial charge in [0.25, 0.3) is 11.8 Å². The Labute approximate surface area is 240 Å². The molecule has 0 saturated heterocycles. The minimum Gasteiger partial charge on any atom is -0.426 e. The minimum absolute atomic E-state index is 0.00144. The Kier molecular flexibility index (Phi) is 9.37. The molecule has 0 spiro atoms. The predicted molar refractivity (Wildman–Crippen MR) is 148 cm³/mol. The van der Waals surface area contributed by atoms with E-state index in [1.165, 1.54) is 18.3 Å². The van der Waals surface area contributed by atoms with E-state index in [9.17, 15) is 32.8 Å². The van der Waals surface area contributed by atoms with Crippen LogP contribution in [0.4, 0.5) is 13.2 Å². The van der Waals surface area contributed by atoms with E-state index in [1.807, 2.05) is 26.0 Å². The van der Waals surface area contributed by atoms with E-state index in [-0.39, 0.29) is 48.7 Å². The summed E-state index contributed by atoms with van der Waals surface area (Å²) in [6.45, 7) is 3.57. The van der Waals surface area contributed by atoms with Crippen LogP contribution in [0.25, 0.3) is 10.8 Å². The molecule has 14 heteroatoms. The van der Waals surface area contributed by atoms with Gasteiger partial charge >= 0.3 is 13.5 Å². The van der Waals surface area contributed by atoms with E-state index >= 15 is 0 Å². The first-order valence-corrected chi connectivity index (χ1v) is 13.2. The summed E-state index contributed by atoms with van der Waals surface area (Å²) in [5.41, 5.74) is -0.992. The first kappa shape index (κ1) is 30.8. The van der Waals surface area contributed by atoms with Crippen LogP contribution in [0.2, 0.25) is 0 Å². The number of carbonyl (C=O) groups is 2. The highest BCUT2D eigenvalue weighted by Crippen LogP contribution is 2.31. The second kappa shape index (κ2) is 12.8. The fourth-order valence-electron chi connectivity index (χ4n) is 4.75. The third-order valence-electron chi connectivity index (χ3n) is 6.62. The Morgan fingerprint density at radius 3 is 2.62 bits per heavy atom. The molecule has 1 aromatic heterocycles. The second-order valence-corrected chi connectivity index (χ2v) is 10.5. The molecule has 4 rings (SSSR count). The molecule has 4 N–H and O–H groups in total. The molecule has 3 aromatic rings. The zero-order valence-electron chi connectivity index (χ0n) is 22.9. The number of ether oxygens (including phenoxy) is 1. The lowest BCUT2D eigenvalue weighted by molar-refractivity contribution is -0.274. The van der Waals surface area contributed by atoms with Gasteiger partial charge in [-0.25, -0.2) is 0 Å². The van der Waals surface area contributed by atoms with Crippen molar-refractivity contribution in [3.63, 3.8) is 0 Å². The third-order valence-corrected chi connectivity index (χ3v) is 6.62. The lowest BCUT2D eigenvalue weighted by atomic mass is 9.74. The number of aromatic nitrogens is 1. The Bertz CT molecular complexity index is 1460. The molecule has 2 aromatic carbocycles. The highest BCUT2D eigenvalue weighted by atomic mass is 19.4. The number of carbonyl (C=O) groups excluding carboxylic acids is 2. The molecule has 1 aliphatic heterocycles. The van der Waals surface area contributed by atoms with Gasteiger partial charge in [0.2, 0.25) is 5.60 Å². The van der Waals surface area contributed by atoms with Gasteiger partial charge in [-0.15, -0.1) is 13.2 Å². The number of nitrogens with zero attached hydrogens (tertiary/aromatic N) is 2. The number of rotatable bonds is 11. The topological polar surface area (TPSA) is 142 Å². The molecular weight excluding hydrogens is 556 g/mol. The maximum atomic E-state index is 13.6. The van der Waals surface area contributed by atoms with Gasteiger partial charge in [-0.05, 0) is 41.5 Å². The molecule has 2 atom stereocenters. The van der Waals surface area contributed by atoms with Crippen LogP contribution in [0.3, 0.4) is 0 Å². The maximum Gasteiger partial charge on any atom is 0.573 e. The highest BCUT2D eigenvalue weighted by molar-refractivity contribution is 6.43. The number of alkyl halides is 3. The maximum absolute atomic E-state index is 13.6. The van der Waals surface area contributed by atoms with Crippen molar-refractivity contribution in [2.75, 3.05) is 6.54 Å². The van der Waals surface area contributed by atoms with Gasteiger partial charge < -0.3 is 30.3 Å². The van der Waals surface area contributed by atoms with E-state index in [4.69, 9.17) is 4.84 Å². The third kappa shape index (κ3) is 7.76. The second-order valence-electron chi connectivity index (χ2n) is 10.5. The van der Waals surface area contributed by atoms with E-state index in [1.54, 1.807) is 18.2 Å². The van der Waals surface area contributed by atoms with Gasteiger partial charge in [0.15, 0.2) is 0 Å². The molecular formula is C28H30BF3N4O6. The molecule has 0 radical (unpaired) electrons. The van der Waals surface area contributed by atoms with E-state index < -0.39 is 42.6 Å². The summed E-state index contributed by atoms with van der Waals surface area (Å²) in [5, 5.41) is 30.5. The fourth-order valence-corrected chi connectivity index (χ4v) is 4.75. The molecule has 0 bridgehead atoms. The van der Waals surface area contributed by atoms with Gasteiger partial charge in [0.1, 0.15) is 11.4 Å². The molecule has 0 aliphatic carbocycles. The van der Waals surface area contributed by atoms with Crippen molar-refractivity contribution in [1.29, 1.82) is 0 Å². The predicted octanol–water partition coefficient (Wildman–Crippen LogP) is 3.16. The molecule has 0 fully saturated rings. The average Bonchev–Trinajstić information content (AvgIpc) is 3.34. The van der Waals surface area contributed by atoms with Crippen molar-refractivity contribution >= 4 is 35.4 Å². The number of halogens is 3. The van der Waals surface area contributed by atoms with Crippen molar-refractivity contribution in [3.8, 4) is 5.75 Å². The number of amides is 2. The van der Waals surface area contributed by atoms with Crippen LogP contribution >= 0.6 is 0 Å². The number of oxime groups is 1. The molecule has 10 nitrogen and oxygen atoms in total. The van der Waals surface area contributed by atoms with Crippen molar-refractivity contribution in [1.82, 2.24) is 15.6 Å². The standard InChI is InChI=1S/C28H30BF3N4O6/c1-17(2)12-23(29(39)40)35-26(38)27(14-18-6-5-8-21(13-18)41-28(30,31)32)15-20(36-42-27)16-34-25(37)24-22-9-4-3-7-19(22)10-11-33-24/h3-11,13,17,23,39-40H,12,14-16H2,1-2H3,(H,34,37)(H,35,38). The summed E-state index contributed by atoms with van der Waals surface area (Å²) >= 11 is 0. The van der Waals surface area contributed by atoms with Crippen LogP contribution in [0, 0.1) is 5.92 Å². The number of nitrogens with one attached hydrogen (secondary N) is 2. The summed E-state index contributed by atoms with van der Waals surface area (Å²) in [6.07, 6.45) is -3.52. The van der Waals surface area contributed by atoms with Gasteiger partial charge in [-0.1, -0.05) is 55.4 Å². The SMILES string of the molecule is CC(C)CC(NC(=O)C1(Cc2cccc(OC(F)(F)F)c2)CC(CNC(=O)c2nccc3ccccc23)=NO1)B(O)O. The molecule has 0 saturated carbocycles. The minimum atomic E-state index is -4.91. The Morgan fingerprint density at radius 2 is 1.90 bits per heavy atom. The summed E-state index contributed by atoms with van der Waals surface area (Å²) in [7, 11) is -1.87. The summed E-state index contributed by atoms with van der Waals surface area (Å²) in [5.74, 6) is -2.75. The van der Waals surface area contributed by atoms with E-state index in [0.717, 1.165) is 17.5 Å². The number of pyridine rings is 1. The largest absolute Gasteiger partial charge is 0.573 e. The van der Waals surface area contributed by atoms with Gasteiger partial charge in [-0.3, -0.25) is 14.6 Å². The summed E-state index contributed by atoms with van der Waals surface area (Å²) < 4.78 is 42.4. The van der Waals surface area contributed by atoms with Crippen molar-refractivity contribution in [2.45, 2.75) is 51.0 Å². The lowest BCUT2D eigenvalue weighted by Gasteiger charge is -2.29. The van der Waals surface area contributed by atoms with E-state index in [2.05, 4.69) is 25.5 Å². The highest BCUT2D eigenvalue weighted by Gasteiger charge is 2.48. The molecule has 2 unspecified atom stereocenters. The monoisotopic (exact) mass is 586 g/mol. The Hall–Kier alpha value is -4.17. The first-order chi connectivity index (χ1) is 19.8. The number of benzene rings is 2. The zero-order chi connectivity index (χ0) is 30.5. The molecule has 42 heavy (non-hydrogen) atoms. The number of hydrogen-bond acceptors (Lipinski definition) is 8. The molecule has 2 heterocycles. The first-order valence-electron chi connectivity index (χ1n) is 13.2. The van der Waals surface area contributed by atoms with Gasteiger partial charge in [-0.2, -0.15) is 0 Å². The summed E-state index contributed by atoms with van der Waals surface area (Å²) in [6, 6.07) is 14.1. The number of hydrogen-bond donors (Lipinski definition) is 4. The average molecular weight is 586 g/mol. The van der Waals surface area contributed by atoms with Crippen molar-refractivity contribution < 1.29 is 42.4 Å². The van der Waals surface area contributed by atoms with Crippen molar-refractivity contribution in [3.05, 3.63) is 72.1 Å². The number of fused-ring (bicyclic) bond motifs is 1. The van der Waals surface area contributed by atoms with Crippen LogP contribution in [0.15, 0.2) is 65.9 Å². The normalized spacial score (nSPS) is 17.4. The van der Waals surface area contributed by atoms with Crippen LogP contribution in [-0.2, 0) is 16.1 Å². The zero-order valence-corrected chi connectivity index (χ0v) is 22.9. The summed E-state index contributed by atoms with van der Waals surface area (Å²) in [4.78, 5) is 36.4. The quantitative estimate of drug-likeness (QED) is 0.253. The lowest BCUT2D eigenvalue weighted by Crippen LogP contribution is -2.56.